The lowest BCUT2D eigenvalue weighted by atomic mass is 10.0. The van der Waals surface area contributed by atoms with E-state index >= 15 is 0 Å². The number of carbonyl (C=O) groups is 1. The van der Waals surface area contributed by atoms with Crippen molar-refractivity contribution in [3.63, 3.8) is 0 Å². The van der Waals surface area contributed by atoms with E-state index in [1.54, 1.807) is 11.3 Å². The number of carbonyl (C=O) groups excluding carboxylic acids is 1. The molecule has 2 unspecified atom stereocenters. The zero-order chi connectivity index (χ0) is 14.7. The Bertz CT molecular complexity index is 595. The highest BCUT2D eigenvalue weighted by molar-refractivity contribution is 7.10. The van der Waals surface area contributed by atoms with Gasteiger partial charge in [-0.2, -0.15) is 0 Å². The van der Waals surface area contributed by atoms with Crippen molar-refractivity contribution >= 4 is 41.3 Å². The zero-order valence-corrected chi connectivity index (χ0v) is 14.3. The van der Waals surface area contributed by atoms with Crippen LogP contribution in [0.3, 0.4) is 0 Å². The van der Waals surface area contributed by atoms with Crippen LogP contribution in [0.15, 0.2) is 41.8 Å². The first-order valence-corrected chi connectivity index (χ1v) is 8.30. The van der Waals surface area contributed by atoms with Gasteiger partial charge in [0.1, 0.15) is 0 Å². The van der Waals surface area contributed by atoms with E-state index in [0.29, 0.717) is 5.02 Å². The first-order valence-electron chi connectivity index (χ1n) is 7.04. The average Bonchev–Trinajstić information content (AvgIpc) is 3.19. The number of thiophene rings is 1. The number of hydrogen-bond donors (Lipinski definition) is 2. The zero-order valence-electron chi connectivity index (χ0n) is 11.9. The Kier molecular flexibility index (Phi) is 6.26. The second-order valence-corrected chi connectivity index (χ2v) is 6.61. The highest BCUT2D eigenvalue weighted by Crippen LogP contribution is 2.27. The molecular formula is C16H18Cl2N2OS. The van der Waals surface area contributed by atoms with E-state index in [-0.39, 0.29) is 30.3 Å². The second-order valence-electron chi connectivity index (χ2n) is 5.20. The normalized spacial score (nSPS) is 18.5. The predicted octanol–water partition coefficient (Wildman–Crippen LogP) is 3.64. The van der Waals surface area contributed by atoms with Crippen molar-refractivity contribution in [3.8, 4) is 0 Å². The smallest absolute Gasteiger partial charge is 0.225 e. The lowest BCUT2D eigenvalue weighted by molar-refractivity contribution is -0.124. The molecule has 118 valence electrons. The van der Waals surface area contributed by atoms with Gasteiger partial charge in [0.15, 0.2) is 0 Å². The van der Waals surface area contributed by atoms with E-state index in [1.165, 1.54) is 0 Å². The third kappa shape index (κ3) is 4.02. The summed E-state index contributed by atoms with van der Waals surface area (Å²) in [6, 6.07) is 11.6. The molecule has 2 N–H and O–H groups in total. The highest BCUT2D eigenvalue weighted by atomic mass is 35.5. The molecule has 3 nitrogen and oxygen atoms in total. The van der Waals surface area contributed by atoms with Gasteiger partial charge in [-0.1, -0.05) is 29.8 Å². The molecular weight excluding hydrogens is 339 g/mol. The summed E-state index contributed by atoms with van der Waals surface area (Å²) in [5.74, 6) is 0.188. The Morgan fingerprint density at radius 2 is 2.09 bits per heavy atom. The fraction of sp³-hybridized carbons (Fsp3) is 0.312. The van der Waals surface area contributed by atoms with Crippen LogP contribution in [0.25, 0.3) is 0 Å². The quantitative estimate of drug-likeness (QED) is 0.877. The highest BCUT2D eigenvalue weighted by Gasteiger charge is 2.26. The molecule has 1 fully saturated rings. The average molecular weight is 357 g/mol. The van der Waals surface area contributed by atoms with Crippen molar-refractivity contribution in [2.45, 2.75) is 12.5 Å². The Hall–Kier alpha value is -1.07. The van der Waals surface area contributed by atoms with E-state index in [1.807, 2.05) is 35.7 Å². The summed E-state index contributed by atoms with van der Waals surface area (Å²) >= 11 is 7.61. The maximum Gasteiger partial charge on any atom is 0.225 e. The minimum atomic E-state index is -0.102. The Labute approximate surface area is 145 Å². The summed E-state index contributed by atoms with van der Waals surface area (Å²) in [4.78, 5) is 13.6. The van der Waals surface area contributed by atoms with Gasteiger partial charge in [-0.3, -0.25) is 4.79 Å². The van der Waals surface area contributed by atoms with E-state index in [4.69, 9.17) is 11.6 Å². The Morgan fingerprint density at radius 1 is 1.32 bits per heavy atom. The van der Waals surface area contributed by atoms with Crippen LogP contribution >= 0.6 is 35.3 Å². The molecule has 22 heavy (non-hydrogen) atoms. The first kappa shape index (κ1) is 17.3. The number of benzene rings is 1. The summed E-state index contributed by atoms with van der Waals surface area (Å²) in [6.45, 7) is 1.69. The van der Waals surface area contributed by atoms with E-state index in [2.05, 4.69) is 16.7 Å². The third-order valence-electron chi connectivity index (χ3n) is 3.75. The number of hydrogen-bond acceptors (Lipinski definition) is 3. The van der Waals surface area contributed by atoms with Crippen molar-refractivity contribution in [2.24, 2.45) is 5.92 Å². The van der Waals surface area contributed by atoms with Crippen LogP contribution in [0.5, 0.6) is 0 Å². The summed E-state index contributed by atoms with van der Waals surface area (Å²) in [5, 5.41) is 9.15. The van der Waals surface area contributed by atoms with Crippen LogP contribution in [0.1, 0.15) is 22.9 Å². The molecule has 0 bridgehead atoms. The van der Waals surface area contributed by atoms with Gasteiger partial charge in [-0.25, -0.2) is 0 Å². The Morgan fingerprint density at radius 3 is 2.68 bits per heavy atom. The van der Waals surface area contributed by atoms with Crippen molar-refractivity contribution in [1.82, 2.24) is 10.6 Å². The number of rotatable bonds is 4. The second kappa shape index (κ2) is 7.97. The number of halogens is 2. The molecule has 1 aromatic heterocycles. The molecule has 1 aliphatic heterocycles. The molecule has 0 radical (unpaired) electrons. The van der Waals surface area contributed by atoms with Gasteiger partial charge in [-0.15, -0.1) is 23.7 Å². The maximum atomic E-state index is 12.4. The molecule has 3 rings (SSSR count). The van der Waals surface area contributed by atoms with E-state index in [0.717, 1.165) is 30.0 Å². The van der Waals surface area contributed by atoms with Crippen LogP contribution in [0.4, 0.5) is 0 Å². The summed E-state index contributed by atoms with van der Waals surface area (Å²) in [6.07, 6.45) is 0.906. The van der Waals surface area contributed by atoms with Crippen LogP contribution < -0.4 is 10.6 Å². The van der Waals surface area contributed by atoms with E-state index in [9.17, 15) is 4.79 Å². The number of amides is 1. The molecule has 1 amide bonds. The lowest BCUT2D eigenvalue weighted by Crippen LogP contribution is -2.35. The standard InChI is InChI=1S/C16H17ClN2OS.ClH/c17-13-5-3-11(4-6-13)15(14-2-1-9-21-14)19-16(20)12-7-8-18-10-12;/h1-6,9,12,15,18H,7-8,10H2,(H,19,20);1H. The van der Waals surface area contributed by atoms with Gasteiger partial charge < -0.3 is 10.6 Å². The maximum absolute atomic E-state index is 12.4. The molecule has 2 heterocycles. The van der Waals surface area contributed by atoms with Crippen LogP contribution in [0.2, 0.25) is 5.02 Å². The minimum Gasteiger partial charge on any atom is -0.344 e. The van der Waals surface area contributed by atoms with Crippen LogP contribution in [0, 0.1) is 5.92 Å². The summed E-state index contributed by atoms with van der Waals surface area (Å²) in [5.41, 5.74) is 1.06. The minimum absolute atomic E-state index is 0. The van der Waals surface area contributed by atoms with Crippen molar-refractivity contribution in [2.75, 3.05) is 13.1 Å². The van der Waals surface area contributed by atoms with Crippen molar-refractivity contribution in [1.29, 1.82) is 0 Å². The van der Waals surface area contributed by atoms with Gasteiger partial charge >= 0.3 is 0 Å². The molecule has 1 aliphatic rings. The largest absolute Gasteiger partial charge is 0.344 e. The lowest BCUT2D eigenvalue weighted by Gasteiger charge is -2.20. The van der Waals surface area contributed by atoms with Crippen molar-refractivity contribution in [3.05, 3.63) is 57.2 Å². The molecule has 0 saturated carbocycles. The predicted molar refractivity (Wildman–Crippen MR) is 94.0 cm³/mol. The van der Waals surface area contributed by atoms with Gasteiger partial charge in [0, 0.05) is 16.4 Å². The molecule has 1 aromatic carbocycles. The van der Waals surface area contributed by atoms with Gasteiger partial charge in [0.2, 0.25) is 5.91 Å². The monoisotopic (exact) mass is 356 g/mol. The Balaban J connectivity index is 0.00000176. The van der Waals surface area contributed by atoms with Crippen LogP contribution in [-0.4, -0.2) is 19.0 Å². The first-order chi connectivity index (χ1) is 10.2. The summed E-state index contributed by atoms with van der Waals surface area (Å²) in [7, 11) is 0. The fourth-order valence-corrected chi connectivity index (χ4v) is 3.50. The SMILES string of the molecule is Cl.O=C(NC(c1ccc(Cl)cc1)c1cccs1)C1CCNC1. The molecule has 6 heteroatoms. The van der Waals surface area contributed by atoms with E-state index < -0.39 is 0 Å². The van der Waals surface area contributed by atoms with Gasteiger partial charge in [-0.05, 0) is 42.1 Å². The van der Waals surface area contributed by atoms with Crippen molar-refractivity contribution < 1.29 is 4.79 Å². The molecule has 2 atom stereocenters. The van der Waals surface area contributed by atoms with Gasteiger partial charge in [0.05, 0.1) is 12.0 Å². The molecule has 0 spiro atoms. The molecule has 2 aromatic rings. The third-order valence-corrected chi connectivity index (χ3v) is 4.94. The topological polar surface area (TPSA) is 41.1 Å². The van der Waals surface area contributed by atoms with Crippen LogP contribution in [-0.2, 0) is 4.79 Å². The molecule has 1 saturated heterocycles. The molecule has 0 aliphatic carbocycles. The number of nitrogens with one attached hydrogen (secondary N) is 2. The fourth-order valence-electron chi connectivity index (χ4n) is 2.57. The van der Waals surface area contributed by atoms with Gasteiger partial charge in [0.25, 0.3) is 0 Å². The summed E-state index contributed by atoms with van der Waals surface area (Å²) < 4.78 is 0.